The van der Waals surface area contributed by atoms with Crippen molar-refractivity contribution in [3.05, 3.63) is 143 Å². The predicted octanol–water partition coefficient (Wildman–Crippen LogP) is 4.93. The molecule has 3 aliphatic rings. The van der Waals surface area contributed by atoms with Gasteiger partial charge in [0.2, 0.25) is 35.4 Å². The van der Waals surface area contributed by atoms with Crippen LogP contribution in [0, 0.1) is 58.8 Å². The zero-order chi connectivity index (χ0) is 48.2. The van der Waals surface area contributed by atoms with Crippen molar-refractivity contribution in [1.29, 1.82) is 0 Å². The first-order valence-electron chi connectivity index (χ1n) is 23.5. The summed E-state index contributed by atoms with van der Waals surface area (Å²) in [6, 6.07) is 23.8. The normalized spacial score (nSPS) is 21.2. The molecule has 0 aromatic heterocycles. The molecule has 2 heterocycles. The fourth-order valence-electron chi connectivity index (χ4n) is 9.58. The Bertz CT molecular complexity index is 2070. The molecule has 2 saturated heterocycles. The molecule has 4 N–H and O–H groups in total. The number of halogens is 4. The van der Waals surface area contributed by atoms with E-state index in [-0.39, 0.29) is 111 Å². The fourth-order valence-corrected chi connectivity index (χ4v) is 9.58. The van der Waals surface area contributed by atoms with Gasteiger partial charge in [-0.15, -0.1) is 0 Å². The van der Waals surface area contributed by atoms with Crippen LogP contribution in [0.25, 0.3) is 0 Å². The van der Waals surface area contributed by atoms with Crippen LogP contribution in [0.2, 0.25) is 0 Å². The second-order valence-electron chi connectivity index (χ2n) is 18.1. The Morgan fingerprint density at radius 3 is 0.779 bits per heavy atom. The van der Waals surface area contributed by atoms with Crippen molar-refractivity contribution >= 4 is 35.4 Å². The molecule has 16 heteroatoms. The number of hydrogen-bond donors (Lipinski definition) is 4. The van der Waals surface area contributed by atoms with Gasteiger partial charge < -0.3 is 31.1 Å². The van der Waals surface area contributed by atoms with Gasteiger partial charge in [-0.3, -0.25) is 28.8 Å². The van der Waals surface area contributed by atoms with Crippen molar-refractivity contribution < 1.29 is 46.3 Å². The lowest BCUT2D eigenvalue weighted by Gasteiger charge is -2.32. The molecule has 4 atom stereocenters. The molecule has 4 aromatic carbocycles. The average Bonchev–Trinajstić information content (AvgIpc) is 4.01. The summed E-state index contributed by atoms with van der Waals surface area (Å²) in [4.78, 5) is 86.0. The summed E-state index contributed by atoms with van der Waals surface area (Å²) in [6.07, 6.45) is 3.33. The van der Waals surface area contributed by atoms with Gasteiger partial charge in [-0.1, -0.05) is 48.5 Å². The Morgan fingerprint density at radius 1 is 0.368 bits per heavy atom. The monoisotopic (exact) mass is 938 g/mol. The molecular formula is C52H58F4N6O6. The van der Waals surface area contributed by atoms with Crippen molar-refractivity contribution in [2.45, 2.75) is 51.4 Å². The lowest BCUT2D eigenvalue weighted by Crippen LogP contribution is -2.42. The van der Waals surface area contributed by atoms with Crippen LogP contribution in [-0.4, -0.2) is 97.6 Å². The molecule has 12 nitrogen and oxygen atoms in total. The van der Waals surface area contributed by atoms with Crippen molar-refractivity contribution in [2.75, 3.05) is 52.4 Å². The Kier molecular flexibility index (Phi) is 17.0. The largest absolute Gasteiger partial charge is 0.355 e. The molecule has 0 bridgehead atoms. The average molecular weight is 939 g/mol. The maximum atomic E-state index is 14.1. The summed E-state index contributed by atoms with van der Waals surface area (Å²) in [5.74, 6) is -7.56. The van der Waals surface area contributed by atoms with Gasteiger partial charge in [0.15, 0.2) is 0 Å². The Hall–Kier alpha value is -6.58. The maximum absolute atomic E-state index is 14.1. The zero-order valence-corrected chi connectivity index (χ0v) is 37.9. The van der Waals surface area contributed by atoms with Crippen molar-refractivity contribution in [1.82, 2.24) is 31.1 Å². The molecule has 1 saturated carbocycles. The van der Waals surface area contributed by atoms with Crippen LogP contribution in [0.3, 0.4) is 0 Å². The SMILES string of the molecule is O=C(NCCc1ccc(F)cc1)[C@@H]1CN(C(=O)[C@H]2CC[C@@H](C(=O)N3C[C@@H](C(=O)NCCc4ccc(F)cc4)[C@H](C(=O)NCCc4ccc(F)cc4)C3)CC2)C[C@H]1C(=O)NCCc1ccc(F)cc1. The van der Waals surface area contributed by atoms with E-state index < -0.39 is 35.5 Å². The van der Waals surface area contributed by atoms with E-state index >= 15 is 0 Å². The van der Waals surface area contributed by atoms with Gasteiger partial charge in [-0.25, -0.2) is 17.6 Å². The second-order valence-corrected chi connectivity index (χ2v) is 18.1. The van der Waals surface area contributed by atoms with E-state index in [0.29, 0.717) is 51.4 Å². The van der Waals surface area contributed by atoms with Crippen LogP contribution in [0.1, 0.15) is 47.9 Å². The molecular weight excluding hydrogens is 881 g/mol. The third kappa shape index (κ3) is 13.3. The lowest BCUT2D eigenvalue weighted by atomic mass is 9.80. The highest BCUT2D eigenvalue weighted by molar-refractivity contribution is 5.92. The molecule has 1 aliphatic carbocycles. The summed E-state index contributed by atoms with van der Waals surface area (Å²) in [5.41, 5.74) is 3.29. The van der Waals surface area contributed by atoms with Gasteiger partial charge in [0.1, 0.15) is 23.3 Å². The smallest absolute Gasteiger partial charge is 0.225 e. The van der Waals surface area contributed by atoms with E-state index in [2.05, 4.69) is 21.3 Å². The first kappa shape index (κ1) is 49.3. The van der Waals surface area contributed by atoms with Crippen LogP contribution < -0.4 is 21.3 Å². The molecule has 4 aromatic rings. The first-order valence-corrected chi connectivity index (χ1v) is 23.5. The lowest BCUT2D eigenvalue weighted by molar-refractivity contribution is -0.141. The van der Waals surface area contributed by atoms with E-state index in [1.54, 1.807) is 58.3 Å². The Balaban J connectivity index is 0.943. The van der Waals surface area contributed by atoms with Gasteiger partial charge in [0.25, 0.3) is 0 Å². The van der Waals surface area contributed by atoms with Crippen molar-refractivity contribution in [3.63, 3.8) is 0 Å². The van der Waals surface area contributed by atoms with Crippen LogP contribution in [0.4, 0.5) is 17.6 Å². The van der Waals surface area contributed by atoms with Crippen LogP contribution >= 0.6 is 0 Å². The predicted molar refractivity (Wildman–Crippen MR) is 245 cm³/mol. The fraction of sp³-hybridized carbons (Fsp3) is 0.423. The van der Waals surface area contributed by atoms with E-state index in [0.717, 1.165) is 22.3 Å². The molecule has 3 fully saturated rings. The van der Waals surface area contributed by atoms with Gasteiger partial charge in [0, 0.05) is 64.2 Å². The van der Waals surface area contributed by atoms with E-state index in [1.807, 2.05) is 0 Å². The number of hydrogen-bond acceptors (Lipinski definition) is 6. The second kappa shape index (κ2) is 23.4. The number of benzene rings is 4. The third-order valence-corrected chi connectivity index (χ3v) is 13.5. The number of nitrogens with one attached hydrogen (secondary N) is 4. The highest BCUT2D eigenvalue weighted by Crippen LogP contribution is 2.36. The van der Waals surface area contributed by atoms with E-state index in [1.165, 1.54) is 48.5 Å². The molecule has 0 radical (unpaired) electrons. The molecule has 0 spiro atoms. The number of amides is 6. The number of carbonyl (C=O) groups is 6. The van der Waals surface area contributed by atoms with Crippen LogP contribution in [0.15, 0.2) is 97.1 Å². The minimum absolute atomic E-state index is 0.0323. The van der Waals surface area contributed by atoms with Crippen molar-refractivity contribution in [3.8, 4) is 0 Å². The number of likely N-dealkylation sites (tertiary alicyclic amines) is 2. The Morgan fingerprint density at radius 2 is 0.574 bits per heavy atom. The molecule has 6 amide bonds. The standard InChI is InChI=1S/C52H58F4N6O6/c53-39-13-1-33(2-14-39)21-25-57-47(63)43-29-61(30-44(43)48(64)58-26-22-34-3-15-40(54)16-4-34)51(67)37-9-11-38(12-10-37)52(68)62-31-45(49(65)59-27-23-35-5-17-41(55)18-6-35)46(32-62)50(66)60-28-24-36-7-19-42(56)20-8-36/h1-8,13-20,37-38,43-46H,9-12,21-32H2,(H,57,63)(H,58,64)(H,59,65)(H,60,66)/t37-,38+,43-,44-,45-,46-/m1/s1. The highest BCUT2D eigenvalue weighted by Gasteiger charge is 2.47. The molecule has 360 valence electrons. The first-order chi connectivity index (χ1) is 32.8. The third-order valence-electron chi connectivity index (χ3n) is 13.5. The molecule has 2 aliphatic heterocycles. The molecule has 0 unspecified atom stereocenters. The summed E-state index contributed by atoms with van der Waals surface area (Å²) in [7, 11) is 0. The van der Waals surface area contributed by atoms with Crippen molar-refractivity contribution in [2.24, 2.45) is 35.5 Å². The van der Waals surface area contributed by atoms with Gasteiger partial charge >= 0.3 is 0 Å². The van der Waals surface area contributed by atoms with Crippen LogP contribution in [-0.2, 0) is 54.5 Å². The zero-order valence-electron chi connectivity index (χ0n) is 37.9. The summed E-state index contributed by atoms with van der Waals surface area (Å²) in [5, 5.41) is 11.6. The number of carbonyl (C=O) groups excluding carboxylic acids is 6. The minimum atomic E-state index is -0.827. The van der Waals surface area contributed by atoms with Gasteiger partial charge in [0.05, 0.1) is 23.7 Å². The van der Waals surface area contributed by atoms with E-state index in [4.69, 9.17) is 0 Å². The Labute approximate surface area is 393 Å². The van der Waals surface area contributed by atoms with Gasteiger partial charge in [-0.05, 0) is 122 Å². The maximum Gasteiger partial charge on any atom is 0.225 e. The summed E-state index contributed by atoms with van der Waals surface area (Å²) >= 11 is 0. The minimum Gasteiger partial charge on any atom is -0.355 e. The summed E-state index contributed by atoms with van der Waals surface area (Å²) < 4.78 is 53.7. The quantitative estimate of drug-likeness (QED) is 0.104. The summed E-state index contributed by atoms with van der Waals surface area (Å²) in [6.45, 7) is 1.11. The topological polar surface area (TPSA) is 157 Å². The highest BCUT2D eigenvalue weighted by atomic mass is 19.1. The van der Waals surface area contributed by atoms with E-state index in [9.17, 15) is 46.3 Å². The number of rotatable bonds is 18. The molecule has 68 heavy (non-hydrogen) atoms. The van der Waals surface area contributed by atoms with Crippen LogP contribution in [0.5, 0.6) is 0 Å². The number of nitrogens with zero attached hydrogens (tertiary/aromatic N) is 2. The van der Waals surface area contributed by atoms with Gasteiger partial charge in [-0.2, -0.15) is 0 Å². The molecule has 7 rings (SSSR count).